The number of carbonyl (C=O) groups excluding carboxylic acids is 1. The van der Waals surface area contributed by atoms with Gasteiger partial charge in [0.25, 0.3) is 0 Å². The molecule has 0 fully saturated rings. The fourth-order valence-corrected chi connectivity index (χ4v) is 1.77. The van der Waals surface area contributed by atoms with Crippen LogP contribution >= 0.6 is 0 Å². The van der Waals surface area contributed by atoms with Gasteiger partial charge in [0.15, 0.2) is 5.43 Å². The highest BCUT2D eigenvalue weighted by Crippen LogP contribution is 2.15. The fraction of sp³-hybridized carbons (Fsp3) is 0.200. The second-order valence-corrected chi connectivity index (χ2v) is 4.69. The van der Waals surface area contributed by atoms with Crippen LogP contribution in [-0.2, 0) is 11.3 Å². The van der Waals surface area contributed by atoms with Crippen LogP contribution in [0.15, 0.2) is 47.5 Å². The molecule has 1 heterocycles. The van der Waals surface area contributed by atoms with E-state index in [1.54, 1.807) is 43.2 Å². The van der Waals surface area contributed by atoms with Gasteiger partial charge in [-0.25, -0.2) is 4.39 Å². The summed E-state index contributed by atoms with van der Waals surface area (Å²) in [6.45, 7) is 0.154. The van der Waals surface area contributed by atoms with Crippen LogP contribution in [0.3, 0.4) is 0 Å². The molecule has 5 heteroatoms. The van der Waals surface area contributed by atoms with Crippen LogP contribution in [0.2, 0.25) is 0 Å². The maximum atomic E-state index is 12.9. The summed E-state index contributed by atoms with van der Waals surface area (Å²) < 4.78 is 14.6. The topological polar surface area (TPSA) is 42.3 Å². The van der Waals surface area contributed by atoms with Gasteiger partial charge in [0.2, 0.25) is 5.91 Å². The molecule has 20 heavy (non-hydrogen) atoms. The molecule has 0 aliphatic rings. The van der Waals surface area contributed by atoms with Crippen LogP contribution in [0, 0.1) is 5.82 Å². The fourth-order valence-electron chi connectivity index (χ4n) is 1.77. The zero-order valence-corrected chi connectivity index (χ0v) is 11.3. The van der Waals surface area contributed by atoms with E-state index in [1.807, 2.05) is 0 Å². The number of carbonyl (C=O) groups is 1. The van der Waals surface area contributed by atoms with Gasteiger partial charge >= 0.3 is 0 Å². The molecule has 0 N–H and O–H groups in total. The van der Waals surface area contributed by atoms with Gasteiger partial charge in [0, 0.05) is 38.1 Å². The predicted molar refractivity (Wildman–Crippen MR) is 74.8 cm³/mol. The summed E-state index contributed by atoms with van der Waals surface area (Å²) in [4.78, 5) is 25.0. The van der Waals surface area contributed by atoms with Crippen LogP contribution < -0.4 is 5.43 Å². The molecule has 0 spiro atoms. The largest absolute Gasteiger partial charge is 0.347 e. The Labute approximate surface area is 116 Å². The highest BCUT2D eigenvalue weighted by molar-refractivity contribution is 5.75. The number of rotatable bonds is 3. The van der Waals surface area contributed by atoms with Crippen molar-refractivity contribution in [1.29, 1.82) is 0 Å². The molecule has 0 saturated carbocycles. The van der Waals surface area contributed by atoms with Crippen LogP contribution in [0.1, 0.15) is 0 Å². The Bertz CT molecular complexity index is 675. The second kappa shape index (κ2) is 5.69. The molecular formula is C15H15FN2O2. The Morgan fingerprint density at radius 2 is 1.85 bits per heavy atom. The van der Waals surface area contributed by atoms with E-state index in [0.717, 1.165) is 0 Å². The molecule has 104 valence electrons. The minimum absolute atomic E-state index is 0.0706. The number of hydrogen-bond donors (Lipinski definition) is 0. The van der Waals surface area contributed by atoms with Crippen LogP contribution in [0.4, 0.5) is 4.39 Å². The monoisotopic (exact) mass is 274 g/mol. The van der Waals surface area contributed by atoms with E-state index in [-0.39, 0.29) is 23.7 Å². The molecule has 1 amide bonds. The van der Waals surface area contributed by atoms with Crippen LogP contribution in [0.5, 0.6) is 0 Å². The second-order valence-electron chi connectivity index (χ2n) is 4.69. The standard InChI is InChI=1S/C15H15FN2O2/c1-17(2)15(20)10-18-8-7-14(19)13(9-18)11-3-5-12(16)6-4-11/h3-9H,10H2,1-2H3. The third kappa shape index (κ3) is 3.12. The average Bonchev–Trinajstić information content (AvgIpc) is 2.42. The summed E-state index contributed by atoms with van der Waals surface area (Å²) in [5.41, 5.74) is 0.910. The number of aromatic nitrogens is 1. The van der Waals surface area contributed by atoms with Gasteiger partial charge in [-0.2, -0.15) is 0 Å². The first-order chi connectivity index (χ1) is 9.47. The SMILES string of the molecule is CN(C)C(=O)Cn1ccc(=O)c(-c2ccc(F)cc2)c1. The zero-order valence-electron chi connectivity index (χ0n) is 11.3. The molecule has 1 aromatic heterocycles. The van der Waals surface area contributed by atoms with E-state index >= 15 is 0 Å². The Hall–Kier alpha value is -2.43. The van der Waals surface area contributed by atoms with Crippen LogP contribution in [-0.4, -0.2) is 29.5 Å². The summed E-state index contributed by atoms with van der Waals surface area (Å²) in [5, 5.41) is 0. The van der Waals surface area contributed by atoms with E-state index in [9.17, 15) is 14.0 Å². The lowest BCUT2D eigenvalue weighted by Gasteiger charge is -2.13. The first-order valence-electron chi connectivity index (χ1n) is 6.13. The van der Waals surface area contributed by atoms with Crippen LogP contribution in [0.25, 0.3) is 11.1 Å². The Kier molecular flexibility index (Phi) is 3.98. The molecule has 1 aromatic carbocycles. The highest BCUT2D eigenvalue weighted by Gasteiger charge is 2.07. The first kappa shape index (κ1) is 14.0. The molecular weight excluding hydrogens is 259 g/mol. The summed E-state index contributed by atoms with van der Waals surface area (Å²) in [5.74, 6) is -0.425. The lowest BCUT2D eigenvalue weighted by atomic mass is 10.1. The number of benzene rings is 1. The maximum absolute atomic E-state index is 12.9. The molecule has 2 aromatic rings. The number of halogens is 1. The molecule has 4 nitrogen and oxygen atoms in total. The molecule has 2 rings (SSSR count). The third-order valence-corrected chi connectivity index (χ3v) is 2.95. The van der Waals surface area contributed by atoms with E-state index in [1.165, 1.54) is 23.1 Å². The summed E-state index contributed by atoms with van der Waals surface area (Å²) >= 11 is 0. The first-order valence-corrected chi connectivity index (χ1v) is 6.13. The number of hydrogen-bond acceptors (Lipinski definition) is 2. The van der Waals surface area contributed by atoms with E-state index in [2.05, 4.69) is 0 Å². The minimum atomic E-state index is -0.354. The smallest absolute Gasteiger partial charge is 0.241 e. The van der Waals surface area contributed by atoms with Gasteiger partial charge in [0.05, 0.1) is 0 Å². The van der Waals surface area contributed by atoms with Gasteiger partial charge in [0.1, 0.15) is 12.4 Å². The highest BCUT2D eigenvalue weighted by atomic mass is 19.1. The van der Waals surface area contributed by atoms with Gasteiger partial charge in [-0.1, -0.05) is 12.1 Å². The van der Waals surface area contributed by atoms with Crippen molar-refractivity contribution in [2.24, 2.45) is 0 Å². The summed E-state index contributed by atoms with van der Waals surface area (Å²) in [6, 6.07) is 7.10. The van der Waals surface area contributed by atoms with Gasteiger partial charge in [-0.3, -0.25) is 9.59 Å². The zero-order chi connectivity index (χ0) is 14.7. The third-order valence-electron chi connectivity index (χ3n) is 2.95. The van der Waals surface area contributed by atoms with Crippen molar-refractivity contribution in [3.8, 4) is 11.1 Å². The molecule has 0 atom stereocenters. The molecule has 0 saturated heterocycles. The van der Waals surface area contributed by atoms with E-state index in [4.69, 9.17) is 0 Å². The number of pyridine rings is 1. The molecule has 0 unspecified atom stereocenters. The molecule has 0 aliphatic carbocycles. The van der Waals surface area contributed by atoms with E-state index < -0.39 is 0 Å². The Morgan fingerprint density at radius 3 is 2.45 bits per heavy atom. The average molecular weight is 274 g/mol. The van der Waals surface area contributed by atoms with Crippen molar-refractivity contribution >= 4 is 5.91 Å². The quantitative estimate of drug-likeness (QED) is 0.855. The van der Waals surface area contributed by atoms with Crippen molar-refractivity contribution < 1.29 is 9.18 Å². The maximum Gasteiger partial charge on any atom is 0.241 e. The minimum Gasteiger partial charge on any atom is -0.347 e. The van der Waals surface area contributed by atoms with Gasteiger partial charge in [-0.15, -0.1) is 0 Å². The Balaban J connectivity index is 2.36. The number of likely N-dealkylation sites (N-methyl/N-ethyl adjacent to an activating group) is 1. The van der Waals surface area contributed by atoms with E-state index in [0.29, 0.717) is 11.1 Å². The van der Waals surface area contributed by atoms with Crippen molar-refractivity contribution in [2.75, 3.05) is 14.1 Å². The van der Waals surface area contributed by atoms with Gasteiger partial charge in [-0.05, 0) is 17.7 Å². The molecule has 0 radical (unpaired) electrons. The van der Waals surface area contributed by atoms with Crippen molar-refractivity contribution in [2.45, 2.75) is 6.54 Å². The summed E-state index contributed by atoms with van der Waals surface area (Å²) in [7, 11) is 3.34. The molecule has 0 bridgehead atoms. The van der Waals surface area contributed by atoms with Crippen molar-refractivity contribution in [1.82, 2.24) is 9.47 Å². The Morgan fingerprint density at radius 1 is 1.20 bits per heavy atom. The normalized spacial score (nSPS) is 10.3. The number of amides is 1. The number of nitrogens with zero attached hydrogens (tertiary/aromatic N) is 2. The lowest BCUT2D eigenvalue weighted by molar-refractivity contribution is -0.129. The molecule has 0 aliphatic heterocycles. The van der Waals surface area contributed by atoms with Crippen molar-refractivity contribution in [3.63, 3.8) is 0 Å². The van der Waals surface area contributed by atoms with Crippen molar-refractivity contribution in [3.05, 3.63) is 58.8 Å². The van der Waals surface area contributed by atoms with Gasteiger partial charge < -0.3 is 9.47 Å². The summed E-state index contributed by atoms with van der Waals surface area (Å²) in [6.07, 6.45) is 3.17. The predicted octanol–water partition coefficient (Wildman–Crippen LogP) is 1.74. The lowest BCUT2D eigenvalue weighted by Crippen LogP contribution is -2.26.